The number of rotatable bonds is 6. The van der Waals surface area contributed by atoms with Gasteiger partial charge >= 0.3 is 11.7 Å². The maximum atomic E-state index is 11.4. The van der Waals surface area contributed by atoms with Crippen molar-refractivity contribution < 1.29 is 19.7 Å². The third-order valence-electron chi connectivity index (χ3n) is 3.77. The summed E-state index contributed by atoms with van der Waals surface area (Å²) in [6.07, 6.45) is 1.60. The average Bonchev–Trinajstić information content (AvgIpc) is 2.64. The van der Waals surface area contributed by atoms with Crippen molar-refractivity contribution in [3.05, 3.63) is 64.1 Å². The minimum atomic E-state index is -0.978. The first-order valence-electron chi connectivity index (χ1n) is 8.02. The highest BCUT2D eigenvalue weighted by Crippen LogP contribution is 2.23. The fourth-order valence-electron chi connectivity index (χ4n) is 2.32. The van der Waals surface area contributed by atoms with Gasteiger partial charge in [-0.3, -0.25) is 0 Å². The van der Waals surface area contributed by atoms with Gasteiger partial charge in [0.25, 0.3) is 4.92 Å². The summed E-state index contributed by atoms with van der Waals surface area (Å²) in [6.45, 7) is 3.43. The Morgan fingerprint density at radius 3 is 2.44 bits per heavy atom. The largest absolute Gasteiger partial charge is 0.478 e. The van der Waals surface area contributed by atoms with Crippen molar-refractivity contribution in [1.29, 1.82) is 0 Å². The standard InChI is InChI=1S/C19H19N3O4S/c1-12-5-4-6-17(16(12)11-13(2)18(23)24)21-19(27)20-14-7-9-15(10-8-14)22(25)26-3/h4-11H,1-3H3,(H2-,20,21,23,24,25,27)/p+1/b13-11+. The number of anilines is 2. The Bertz CT molecular complexity index is 908. The number of aliphatic carboxylic acids is 1. The van der Waals surface area contributed by atoms with Gasteiger partial charge in [-0.2, -0.15) is 0 Å². The molecule has 2 rings (SSSR count). The van der Waals surface area contributed by atoms with Crippen LogP contribution in [-0.2, 0) is 9.63 Å². The molecule has 0 aromatic heterocycles. The van der Waals surface area contributed by atoms with Crippen molar-refractivity contribution in [2.75, 3.05) is 17.7 Å². The third kappa shape index (κ3) is 5.35. The highest BCUT2D eigenvalue weighted by atomic mass is 32.1. The molecule has 140 valence electrons. The molecule has 0 saturated heterocycles. The van der Waals surface area contributed by atoms with Crippen LogP contribution in [0.15, 0.2) is 48.0 Å². The van der Waals surface area contributed by atoms with E-state index in [9.17, 15) is 9.70 Å². The van der Waals surface area contributed by atoms with Gasteiger partial charge in [0.05, 0.1) is 4.91 Å². The van der Waals surface area contributed by atoms with Crippen LogP contribution in [0.1, 0.15) is 18.1 Å². The Balaban J connectivity index is 2.16. The minimum Gasteiger partial charge on any atom is -0.478 e. The zero-order valence-corrected chi connectivity index (χ0v) is 16.0. The number of carboxylic acids is 1. The summed E-state index contributed by atoms with van der Waals surface area (Å²) in [4.78, 5) is 27.5. The zero-order valence-electron chi connectivity index (χ0n) is 15.1. The molecule has 27 heavy (non-hydrogen) atoms. The van der Waals surface area contributed by atoms with E-state index in [0.29, 0.717) is 27.1 Å². The van der Waals surface area contributed by atoms with E-state index in [0.717, 1.165) is 11.1 Å². The fraction of sp³-hybridized carbons (Fsp3) is 0.158. The van der Waals surface area contributed by atoms with Gasteiger partial charge < -0.3 is 15.7 Å². The van der Waals surface area contributed by atoms with E-state index >= 15 is 0 Å². The molecule has 0 aliphatic carbocycles. The van der Waals surface area contributed by atoms with Crippen LogP contribution < -0.4 is 10.6 Å². The Morgan fingerprint density at radius 1 is 1.19 bits per heavy atom. The van der Waals surface area contributed by atoms with Gasteiger partial charge in [-0.25, -0.2) is 9.63 Å². The first kappa shape index (κ1) is 20.1. The van der Waals surface area contributed by atoms with Crippen molar-refractivity contribution in [3.63, 3.8) is 0 Å². The topological polar surface area (TPSA) is 90.7 Å². The Morgan fingerprint density at radius 2 is 1.85 bits per heavy atom. The predicted octanol–water partition coefficient (Wildman–Crippen LogP) is 4.26. The molecule has 0 heterocycles. The van der Waals surface area contributed by atoms with Crippen LogP contribution in [0.4, 0.5) is 17.1 Å². The number of thiocarbonyl (C=S) groups is 1. The smallest absolute Gasteiger partial charge is 0.331 e. The molecule has 3 N–H and O–H groups in total. The van der Waals surface area contributed by atoms with Crippen molar-refractivity contribution in [2.24, 2.45) is 0 Å². The highest BCUT2D eigenvalue weighted by Gasteiger charge is 2.13. The molecule has 8 heteroatoms. The van der Waals surface area contributed by atoms with Crippen LogP contribution in [0.5, 0.6) is 0 Å². The van der Waals surface area contributed by atoms with E-state index in [1.165, 1.54) is 14.0 Å². The monoisotopic (exact) mass is 386 g/mol. The Kier molecular flexibility index (Phi) is 6.62. The number of hydrogen-bond donors (Lipinski definition) is 3. The number of nitrogens with one attached hydrogen (secondary N) is 2. The molecular weight excluding hydrogens is 366 g/mol. The van der Waals surface area contributed by atoms with Crippen LogP contribution in [0.3, 0.4) is 0 Å². The van der Waals surface area contributed by atoms with Crippen molar-refractivity contribution in [1.82, 2.24) is 0 Å². The molecule has 2 aromatic rings. The lowest BCUT2D eigenvalue weighted by molar-refractivity contribution is -0.736. The zero-order chi connectivity index (χ0) is 20.0. The quantitative estimate of drug-likeness (QED) is 0.388. The summed E-state index contributed by atoms with van der Waals surface area (Å²) in [6, 6.07) is 12.1. The molecule has 0 fully saturated rings. The second-order valence-electron chi connectivity index (χ2n) is 5.73. The lowest BCUT2D eigenvalue weighted by Crippen LogP contribution is -2.19. The molecule has 0 aliphatic rings. The molecular formula is C19H20N3O4S+. The number of aryl methyl sites for hydroxylation is 1. The second-order valence-corrected chi connectivity index (χ2v) is 6.14. The summed E-state index contributed by atoms with van der Waals surface area (Å²) in [7, 11) is 1.29. The summed E-state index contributed by atoms with van der Waals surface area (Å²) < 4.78 is 0. The van der Waals surface area contributed by atoms with E-state index in [1.807, 2.05) is 25.1 Å². The number of hydrogen-bond acceptors (Lipinski definition) is 4. The van der Waals surface area contributed by atoms with Crippen LogP contribution in [0.2, 0.25) is 0 Å². The lowest BCUT2D eigenvalue weighted by atomic mass is 10.0. The average molecular weight is 386 g/mol. The maximum absolute atomic E-state index is 11.4. The SMILES string of the molecule is CO[N+](=O)c1ccc(NC(=S)Nc2cccc(C)c2/C=C(\C)C(=O)O)cc1. The van der Waals surface area contributed by atoms with Crippen LogP contribution in [-0.4, -0.2) is 28.2 Å². The second kappa shape index (κ2) is 8.91. The van der Waals surface area contributed by atoms with Crippen LogP contribution in [0, 0.1) is 11.8 Å². The Hall–Kier alpha value is -3.26. The minimum absolute atomic E-state index is 0.224. The van der Waals surface area contributed by atoms with E-state index in [1.54, 1.807) is 30.3 Å². The number of carboxylic acid groups (broad SMARTS) is 1. The third-order valence-corrected chi connectivity index (χ3v) is 3.98. The van der Waals surface area contributed by atoms with Gasteiger partial charge in [0, 0.05) is 34.6 Å². The summed E-state index contributed by atoms with van der Waals surface area (Å²) in [5.41, 5.74) is 3.63. The van der Waals surface area contributed by atoms with E-state index in [2.05, 4.69) is 15.5 Å². The molecule has 0 amide bonds. The van der Waals surface area contributed by atoms with E-state index < -0.39 is 5.97 Å². The lowest BCUT2D eigenvalue weighted by Gasteiger charge is -2.14. The molecule has 7 nitrogen and oxygen atoms in total. The van der Waals surface area contributed by atoms with E-state index in [-0.39, 0.29) is 5.57 Å². The first-order valence-corrected chi connectivity index (χ1v) is 8.43. The number of benzene rings is 2. The molecule has 0 saturated carbocycles. The summed E-state index contributed by atoms with van der Waals surface area (Å²) in [5.74, 6) is -0.978. The molecule has 0 radical (unpaired) electrons. The Labute approximate surface area is 162 Å². The van der Waals surface area contributed by atoms with Gasteiger partial charge in [0.2, 0.25) is 0 Å². The van der Waals surface area contributed by atoms with Gasteiger partial charge in [-0.15, -0.1) is 0 Å². The normalized spacial score (nSPS) is 10.9. The van der Waals surface area contributed by atoms with Gasteiger partial charge in [0.15, 0.2) is 12.2 Å². The number of nitrogens with zero attached hydrogens (tertiary/aromatic N) is 1. The van der Waals surface area contributed by atoms with Crippen LogP contribution >= 0.6 is 12.2 Å². The van der Waals surface area contributed by atoms with Crippen LogP contribution in [0.25, 0.3) is 6.08 Å². The summed E-state index contributed by atoms with van der Waals surface area (Å²) >= 11 is 5.34. The summed E-state index contributed by atoms with van der Waals surface area (Å²) in [5, 5.41) is 15.6. The molecule has 2 aromatic carbocycles. The highest BCUT2D eigenvalue weighted by molar-refractivity contribution is 7.80. The van der Waals surface area contributed by atoms with Crippen molar-refractivity contribution in [3.8, 4) is 0 Å². The predicted molar refractivity (Wildman–Crippen MR) is 109 cm³/mol. The fourth-order valence-corrected chi connectivity index (χ4v) is 2.54. The van der Waals surface area contributed by atoms with Gasteiger partial charge in [-0.05, 0) is 55.9 Å². The van der Waals surface area contributed by atoms with Gasteiger partial charge in [-0.1, -0.05) is 12.1 Å². The molecule has 0 aliphatic heterocycles. The first-order chi connectivity index (χ1) is 12.8. The van der Waals surface area contributed by atoms with E-state index in [4.69, 9.17) is 17.3 Å². The van der Waals surface area contributed by atoms with Gasteiger partial charge in [0.1, 0.15) is 0 Å². The molecule has 0 atom stereocenters. The molecule has 0 bridgehead atoms. The van der Waals surface area contributed by atoms with Crippen molar-refractivity contribution >= 4 is 46.4 Å². The number of carbonyl (C=O) groups is 1. The molecule has 0 spiro atoms. The maximum Gasteiger partial charge on any atom is 0.331 e. The molecule has 0 unspecified atom stereocenters. The van der Waals surface area contributed by atoms with Crippen molar-refractivity contribution in [2.45, 2.75) is 13.8 Å².